The molecular formula is C14H26O6S. The van der Waals surface area contributed by atoms with Crippen LogP contribution >= 0.6 is 11.8 Å². The molecule has 2 aliphatic rings. The number of aliphatic hydroxyl groups is 1. The second kappa shape index (κ2) is 6.31. The first-order valence-electron chi connectivity index (χ1n) is 7.23. The summed E-state index contributed by atoms with van der Waals surface area (Å²) in [5.41, 5.74) is -0.331. The van der Waals surface area contributed by atoms with E-state index in [-0.39, 0.29) is 11.5 Å². The quantitative estimate of drug-likeness (QED) is 0.838. The summed E-state index contributed by atoms with van der Waals surface area (Å²) in [6.07, 6.45) is -1.93. The third-order valence-electron chi connectivity index (χ3n) is 4.41. The largest absolute Gasteiger partial charge is 0.387 e. The highest BCUT2D eigenvalue weighted by Gasteiger charge is 2.61. The molecule has 1 N–H and O–H groups in total. The molecule has 0 spiro atoms. The smallest absolute Gasteiger partial charge is 0.220 e. The highest BCUT2D eigenvalue weighted by Crippen LogP contribution is 2.44. The Labute approximate surface area is 130 Å². The number of aliphatic hydroxyl groups excluding tert-OH is 1. The SMILES string of the molecule is CCS[C@@H]1O[C@@H](C)[C@@H]2O[C@@](C)(OC)[C@](C)(OC)O[C@H]2[C@H]1O. The Morgan fingerprint density at radius 1 is 1.10 bits per heavy atom. The van der Waals surface area contributed by atoms with Crippen molar-refractivity contribution in [2.24, 2.45) is 0 Å². The van der Waals surface area contributed by atoms with Crippen molar-refractivity contribution in [3.05, 3.63) is 0 Å². The van der Waals surface area contributed by atoms with Crippen LogP contribution in [0.2, 0.25) is 0 Å². The van der Waals surface area contributed by atoms with Gasteiger partial charge in [-0.3, -0.25) is 0 Å². The lowest BCUT2D eigenvalue weighted by molar-refractivity contribution is -0.468. The summed E-state index contributed by atoms with van der Waals surface area (Å²) in [7, 11) is 3.08. The maximum absolute atomic E-state index is 10.5. The Bertz CT molecular complexity index is 369. The van der Waals surface area contributed by atoms with Gasteiger partial charge in [-0.2, -0.15) is 0 Å². The van der Waals surface area contributed by atoms with E-state index in [9.17, 15) is 5.11 Å². The molecule has 0 aromatic heterocycles. The van der Waals surface area contributed by atoms with Crippen molar-refractivity contribution in [2.45, 2.75) is 69.1 Å². The molecule has 0 bridgehead atoms. The van der Waals surface area contributed by atoms with Gasteiger partial charge < -0.3 is 28.8 Å². The van der Waals surface area contributed by atoms with E-state index in [1.165, 1.54) is 7.11 Å². The molecule has 2 aliphatic heterocycles. The molecule has 0 radical (unpaired) electrons. The van der Waals surface area contributed by atoms with Gasteiger partial charge in [0.25, 0.3) is 0 Å². The fraction of sp³-hybridized carbons (Fsp3) is 1.00. The molecule has 0 aliphatic carbocycles. The zero-order valence-corrected chi connectivity index (χ0v) is 14.3. The van der Waals surface area contributed by atoms with Crippen LogP contribution in [0.15, 0.2) is 0 Å². The summed E-state index contributed by atoms with van der Waals surface area (Å²) in [4.78, 5) is 0. The topological polar surface area (TPSA) is 66.4 Å². The monoisotopic (exact) mass is 322 g/mol. The van der Waals surface area contributed by atoms with Crippen molar-refractivity contribution in [3.8, 4) is 0 Å². The summed E-state index contributed by atoms with van der Waals surface area (Å²) in [6, 6.07) is 0. The van der Waals surface area contributed by atoms with E-state index in [1.54, 1.807) is 32.7 Å². The summed E-state index contributed by atoms with van der Waals surface area (Å²) < 4.78 is 29.0. The van der Waals surface area contributed by atoms with Gasteiger partial charge in [-0.25, -0.2) is 0 Å². The first-order chi connectivity index (χ1) is 9.81. The van der Waals surface area contributed by atoms with E-state index >= 15 is 0 Å². The highest BCUT2D eigenvalue weighted by atomic mass is 32.2. The van der Waals surface area contributed by atoms with Crippen molar-refractivity contribution in [1.29, 1.82) is 0 Å². The maximum atomic E-state index is 10.5. The number of hydrogen-bond acceptors (Lipinski definition) is 7. The Balaban J connectivity index is 2.27. The lowest BCUT2D eigenvalue weighted by atomic mass is 9.95. The van der Waals surface area contributed by atoms with Crippen molar-refractivity contribution in [3.63, 3.8) is 0 Å². The molecular weight excluding hydrogens is 296 g/mol. The summed E-state index contributed by atoms with van der Waals surface area (Å²) in [6.45, 7) is 7.46. The van der Waals surface area contributed by atoms with E-state index in [0.717, 1.165) is 5.75 Å². The van der Waals surface area contributed by atoms with E-state index in [2.05, 4.69) is 0 Å². The Kier molecular flexibility index (Phi) is 5.25. The predicted octanol–water partition coefficient (Wildman–Crippen LogP) is 1.35. The highest BCUT2D eigenvalue weighted by molar-refractivity contribution is 7.99. The Hall–Kier alpha value is 0.110. The molecule has 7 atom stereocenters. The lowest BCUT2D eigenvalue weighted by Crippen LogP contribution is -2.71. The number of methoxy groups -OCH3 is 2. The molecule has 0 aromatic carbocycles. The Morgan fingerprint density at radius 2 is 1.62 bits per heavy atom. The van der Waals surface area contributed by atoms with Gasteiger partial charge in [-0.15, -0.1) is 11.8 Å². The zero-order valence-electron chi connectivity index (χ0n) is 13.5. The fourth-order valence-corrected chi connectivity index (χ4v) is 3.72. The number of hydrogen-bond donors (Lipinski definition) is 1. The molecule has 124 valence electrons. The van der Waals surface area contributed by atoms with Crippen LogP contribution in [-0.4, -0.2) is 66.5 Å². The van der Waals surface area contributed by atoms with Gasteiger partial charge in [0, 0.05) is 14.2 Å². The van der Waals surface area contributed by atoms with E-state index < -0.39 is 29.9 Å². The van der Waals surface area contributed by atoms with Crippen LogP contribution in [0.5, 0.6) is 0 Å². The van der Waals surface area contributed by atoms with Crippen LogP contribution in [0.4, 0.5) is 0 Å². The Morgan fingerprint density at radius 3 is 2.10 bits per heavy atom. The molecule has 0 aromatic rings. The van der Waals surface area contributed by atoms with Crippen LogP contribution < -0.4 is 0 Å². The third-order valence-corrected chi connectivity index (χ3v) is 5.46. The van der Waals surface area contributed by atoms with Crippen LogP contribution in [0, 0.1) is 0 Å². The van der Waals surface area contributed by atoms with Crippen molar-refractivity contribution in [2.75, 3.05) is 20.0 Å². The van der Waals surface area contributed by atoms with Gasteiger partial charge >= 0.3 is 0 Å². The zero-order chi connectivity index (χ0) is 15.8. The first kappa shape index (κ1) is 17.5. The fourth-order valence-electron chi connectivity index (χ4n) is 2.79. The number of thioether (sulfide) groups is 1. The minimum Gasteiger partial charge on any atom is -0.387 e. The molecule has 6 nitrogen and oxygen atoms in total. The summed E-state index contributed by atoms with van der Waals surface area (Å²) >= 11 is 1.55. The third kappa shape index (κ3) is 2.85. The van der Waals surface area contributed by atoms with Gasteiger partial charge in [0.05, 0.1) is 6.10 Å². The van der Waals surface area contributed by atoms with Gasteiger partial charge in [-0.05, 0) is 26.5 Å². The van der Waals surface area contributed by atoms with Gasteiger partial charge in [0.1, 0.15) is 23.7 Å². The molecule has 21 heavy (non-hydrogen) atoms. The molecule has 0 unspecified atom stereocenters. The molecule has 2 fully saturated rings. The normalized spacial score (nSPS) is 50.7. The van der Waals surface area contributed by atoms with E-state index in [4.69, 9.17) is 23.7 Å². The van der Waals surface area contributed by atoms with Gasteiger partial charge in [0.2, 0.25) is 11.6 Å². The van der Waals surface area contributed by atoms with Gasteiger partial charge in [-0.1, -0.05) is 6.92 Å². The molecule has 7 heteroatoms. The van der Waals surface area contributed by atoms with Crippen molar-refractivity contribution < 1.29 is 28.8 Å². The predicted molar refractivity (Wildman–Crippen MR) is 79.0 cm³/mol. The summed E-state index contributed by atoms with van der Waals surface area (Å²) in [5.74, 6) is -1.34. The second-order valence-corrected chi connectivity index (χ2v) is 7.00. The molecule has 2 rings (SSSR count). The summed E-state index contributed by atoms with van der Waals surface area (Å²) in [5, 5.41) is 10.5. The van der Waals surface area contributed by atoms with Crippen LogP contribution in [-0.2, 0) is 23.7 Å². The van der Waals surface area contributed by atoms with Crippen molar-refractivity contribution in [1.82, 2.24) is 0 Å². The maximum Gasteiger partial charge on any atom is 0.220 e. The molecule has 0 amide bonds. The van der Waals surface area contributed by atoms with E-state index in [1.807, 2.05) is 13.8 Å². The van der Waals surface area contributed by atoms with Crippen molar-refractivity contribution >= 4 is 11.8 Å². The van der Waals surface area contributed by atoms with Gasteiger partial charge in [0.15, 0.2) is 0 Å². The average molecular weight is 322 g/mol. The number of fused-ring (bicyclic) bond motifs is 1. The number of rotatable bonds is 4. The standard InChI is InChI=1S/C14H26O6S/c1-7-21-12-9(15)11-10(8(2)18-12)19-13(3,16-5)14(4,17-6)20-11/h8-12,15H,7H2,1-6H3/t8-,9+,10-,11-,12-,13+,14+/m0/s1. The molecule has 0 saturated carbocycles. The van der Waals surface area contributed by atoms with E-state index in [0.29, 0.717) is 0 Å². The molecule has 2 saturated heterocycles. The lowest BCUT2D eigenvalue weighted by Gasteiger charge is -2.56. The van der Waals surface area contributed by atoms with Crippen LogP contribution in [0.3, 0.4) is 0 Å². The van der Waals surface area contributed by atoms with Crippen LogP contribution in [0.1, 0.15) is 27.7 Å². The van der Waals surface area contributed by atoms with Crippen LogP contribution in [0.25, 0.3) is 0 Å². The minimum absolute atomic E-state index is 0.210. The molecule has 2 heterocycles. The minimum atomic E-state index is -1.11. The number of ether oxygens (including phenoxy) is 5. The second-order valence-electron chi connectivity index (χ2n) is 5.62. The average Bonchev–Trinajstić information content (AvgIpc) is 2.47. The first-order valence-corrected chi connectivity index (χ1v) is 8.27.